The van der Waals surface area contributed by atoms with E-state index in [-0.39, 0.29) is 62.7 Å². The van der Waals surface area contributed by atoms with Crippen LogP contribution >= 0.6 is 0 Å². The summed E-state index contributed by atoms with van der Waals surface area (Å²) >= 11 is 0. The van der Waals surface area contributed by atoms with Gasteiger partial charge in [0, 0.05) is 30.6 Å². The zero-order chi connectivity index (χ0) is 46.0. The SMILES string of the molecule is CC1OC(CC2/C=C/C=C/C=C/C=C/C=C/C=C/C=C/[C@H](C)[C@@H](O)[C@@H](C)[C@H](C)OC(=O)C[C@H](O)C[C@H](O)C[C@H](O)CCC[C@H](O)C[C@]3(O)C[C@H](O)C(C)C(C2)O3)C(O)C(N)C1O. The molecule has 0 aromatic heterocycles. The van der Waals surface area contributed by atoms with Gasteiger partial charge in [-0.05, 0) is 64.7 Å². The van der Waals surface area contributed by atoms with Crippen molar-refractivity contribution in [2.45, 2.75) is 184 Å². The monoisotopic (exact) mass is 876 g/mol. The van der Waals surface area contributed by atoms with Crippen molar-refractivity contribution in [1.29, 1.82) is 0 Å². The zero-order valence-electron chi connectivity index (χ0n) is 37.2. The lowest BCUT2D eigenvalue weighted by molar-refractivity contribution is -0.299. The van der Waals surface area contributed by atoms with Gasteiger partial charge in [0.1, 0.15) is 6.10 Å². The number of hydrogen-bond donors (Lipinski definition) is 10. The average molecular weight is 876 g/mol. The maximum atomic E-state index is 12.6. The number of esters is 1. The van der Waals surface area contributed by atoms with Crippen LogP contribution in [0, 0.1) is 23.7 Å². The maximum Gasteiger partial charge on any atom is 0.308 e. The number of allylic oxidation sites excluding steroid dienone is 13. The van der Waals surface area contributed by atoms with Crippen molar-refractivity contribution in [3.8, 4) is 0 Å². The fraction of sp³-hybridized carbons (Fsp3) is 0.688. The number of ether oxygens (including phenoxy) is 3. The van der Waals surface area contributed by atoms with Crippen LogP contribution in [0.4, 0.5) is 0 Å². The summed E-state index contributed by atoms with van der Waals surface area (Å²) in [4.78, 5) is 12.6. The van der Waals surface area contributed by atoms with Crippen LogP contribution in [0.25, 0.3) is 0 Å². The molecule has 2 bridgehead atoms. The number of cyclic esters (lactones) is 1. The van der Waals surface area contributed by atoms with E-state index in [1.54, 1.807) is 20.8 Å². The molecule has 8 unspecified atom stereocenters. The molecule has 0 amide bonds. The van der Waals surface area contributed by atoms with Gasteiger partial charge in [-0.2, -0.15) is 0 Å². The standard InChI is InChI=1S/C48H77NO13/c1-30-19-16-14-12-10-8-6-7-9-11-13-15-17-20-35(24-42-47(58)44(49)46(57)34(5)60-42)23-41-32(3)40(54)29-48(59,62-41)28-37(51)22-18-21-36(50)25-38(52)26-39(53)27-43(55)61-33(4)31(2)45(30)56/h6-17,19-20,30-42,44-47,50-54,56-59H,18,21-29,49H2,1-5H3/b7-6+,10-8+,11-9+,14-12+,15-13+,19-16+,20-17+/t30-,31-,32?,33-,34?,35?,36+,37-,38+,39+,40-,41?,42?,44?,45+,46?,47?,48+/m0/s1. The van der Waals surface area contributed by atoms with Gasteiger partial charge in [-0.25, -0.2) is 0 Å². The summed E-state index contributed by atoms with van der Waals surface area (Å²) in [5.41, 5.74) is 6.14. The fourth-order valence-electron chi connectivity index (χ4n) is 8.35. The molecule has 3 rings (SSSR count). The fourth-order valence-corrected chi connectivity index (χ4v) is 8.35. The van der Waals surface area contributed by atoms with Crippen LogP contribution in [0.2, 0.25) is 0 Å². The van der Waals surface area contributed by atoms with Crippen molar-refractivity contribution >= 4 is 5.97 Å². The van der Waals surface area contributed by atoms with Crippen LogP contribution in [0.5, 0.6) is 0 Å². The van der Waals surface area contributed by atoms with Gasteiger partial charge >= 0.3 is 5.97 Å². The topological polar surface area (TPSA) is 253 Å². The van der Waals surface area contributed by atoms with Crippen LogP contribution in [-0.2, 0) is 19.0 Å². The molecule has 352 valence electrons. The van der Waals surface area contributed by atoms with Crippen molar-refractivity contribution in [3.05, 3.63) is 85.1 Å². The smallest absolute Gasteiger partial charge is 0.308 e. The predicted octanol–water partition coefficient (Wildman–Crippen LogP) is 3.34. The lowest BCUT2D eigenvalue weighted by Gasteiger charge is -2.45. The number of rotatable bonds is 2. The van der Waals surface area contributed by atoms with E-state index in [1.165, 1.54) is 0 Å². The summed E-state index contributed by atoms with van der Waals surface area (Å²) in [7, 11) is 0. The summed E-state index contributed by atoms with van der Waals surface area (Å²) in [6.07, 6.45) is 15.9. The molecule has 0 aromatic rings. The Morgan fingerprint density at radius 1 is 0.629 bits per heavy atom. The third-order valence-electron chi connectivity index (χ3n) is 12.5. The molecule has 2 fully saturated rings. The zero-order valence-corrected chi connectivity index (χ0v) is 37.2. The average Bonchev–Trinajstić information content (AvgIpc) is 3.19. The first-order valence-electron chi connectivity index (χ1n) is 22.4. The Labute approximate surface area is 368 Å². The Hall–Kier alpha value is -2.83. The number of carbonyl (C=O) groups is 1. The van der Waals surface area contributed by atoms with Crippen molar-refractivity contribution in [2.75, 3.05) is 0 Å². The van der Waals surface area contributed by atoms with Gasteiger partial charge in [-0.15, -0.1) is 0 Å². The Morgan fingerprint density at radius 2 is 1.18 bits per heavy atom. The Kier molecular flexibility index (Phi) is 23.2. The molecule has 14 nitrogen and oxygen atoms in total. The van der Waals surface area contributed by atoms with Gasteiger partial charge in [0.25, 0.3) is 0 Å². The van der Waals surface area contributed by atoms with Crippen molar-refractivity contribution in [1.82, 2.24) is 0 Å². The molecule has 11 N–H and O–H groups in total. The number of hydrogen-bond acceptors (Lipinski definition) is 14. The minimum atomic E-state index is -1.84. The number of carbonyl (C=O) groups excluding carboxylic acids is 1. The highest BCUT2D eigenvalue weighted by Gasteiger charge is 2.46. The molecule has 0 aliphatic carbocycles. The van der Waals surface area contributed by atoms with E-state index in [4.69, 9.17) is 19.9 Å². The normalized spacial score (nSPS) is 46.0. The molecule has 18 atom stereocenters. The molecule has 2 saturated heterocycles. The number of aliphatic hydroxyl groups is 9. The summed E-state index contributed by atoms with van der Waals surface area (Å²) in [6, 6.07) is -0.899. The Bertz CT molecular complexity index is 1530. The van der Waals surface area contributed by atoms with E-state index in [1.807, 2.05) is 98.9 Å². The highest BCUT2D eigenvalue weighted by molar-refractivity contribution is 5.70. The van der Waals surface area contributed by atoms with E-state index in [9.17, 15) is 50.8 Å². The van der Waals surface area contributed by atoms with Gasteiger partial charge in [0.15, 0.2) is 5.79 Å². The highest BCUT2D eigenvalue weighted by Crippen LogP contribution is 2.39. The van der Waals surface area contributed by atoms with E-state index in [0.29, 0.717) is 19.3 Å². The lowest BCUT2D eigenvalue weighted by Crippen LogP contribution is -2.60. The molecule has 0 saturated carbocycles. The summed E-state index contributed by atoms with van der Waals surface area (Å²) in [6.45, 7) is 8.86. The molecule has 62 heavy (non-hydrogen) atoms. The lowest BCUT2D eigenvalue weighted by atomic mass is 9.80. The Balaban J connectivity index is 1.78. The first-order chi connectivity index (χ1) is 29.3. The third kappa shape index (κ3) is 18.3. The van der Waals surface area contributed by atoms with E-state index in [2.05, 4.69) is 0 Å². The van der Waals surface area contributed by atoms with Crippen LogP contribution in [0.1, 0.15) is 98.8 Å². The van der Waals surface area contributed by atoms with Gasteiger partial charge in [0.05, 0.1) is 79.6 Å². The van der Waals surface area contributed by atoms with Crippen LogP contribution in [0.15, 0.2) is 85.1 Å². The molecule has 3 heterocycles. The first-order valence-corrected chi connectivity index (χ1v) is 22.4. The Morgan fingerprint density at radius 3 is 1.79 bits per heavy atom. The van der Waals surface area contributed by atoms with E-state index >= 15 is 0 Å². The van der Waals surface area contributed by atoms with Crippen molar-refractivity contribution in [3.63, 3.8) is 0 Å². The van der Waals surface area contributed by atoms with Crippen molar-refractivity contribution in [2.24, 2.45) is 29.4 Å². The number of aliphatic hydroxyl groups excluding tert-OH is 8. The molecular formula is C48H77NO13. The highest BCUT2D eigenvalue weighted by atomic mass is 16.6. The molecular weight excluding hydrogens is 799 g/mol. The van der Waals surface area contributed by atoms with Gasteiger partial charge in [-0.3, -0.25) is 4.79 Å². The molecule has 0 aromatic carbocycles. The molecule has 3 aliphatic heterocycles. The maximum absolute atomic E-state index is 12.6. The van der Waals surface area contributed by atoms with Crippen LogP contribution < -0.4 is 5.73 Å². The van der Waals surface area contributed by atoms with Gasteiger partial charge in [-0.1, -0.05) is 106 Å². The molecule has 0 spiro atoms. The van der Waals surface area contributed by atoms with Crippen LogP contribution in [-0.4, -0.2) is 137 Å². The summed E-state index contributed by atoms with van der Waals surface area (Å²) in [5, 5.41) is 97.5. The van der Waals surface area contributed by atoms with Gasteiger partial charge in [0.2, 0.25) is 0 Å². The van der Waals surface area contributed by atoms with Crippen molar-refractivity contribution < 1.29 is 65.0 Å². The van der Waals surface area contributed by atoms with E-state index < -0.39 is 97.0 Å². The van der Waals surface area contributed by atoms with E-state index in [0.717, 1.165) is 0 Å². The largest absolute Gasteiger partial charge is 0.462 e. The van der Waals surface area contributed by atoms with Crippen LogP contribution in [0.3, 0.4) is 0 Å². The molecule has 0 radical (unpaired) electrons. The number of nitrogens with two attached hydrogens (primary N) is 1. The number of fused-ring (bicyclic) bond motifs is 2. The molecule has 14 heteroatoms. The van der Waals surface area contributed by atoms with Gasteiger partial charge < -0.3 is 65.9 Å². The minimum absolute atomic E-state index is 0.0645. The summed E-state index contributed by atoms with van der Waals surface area (Å²) < 4.78 is 17.8. The first kappa shape index (κ1) is 53.5. The second-order valence-electron chi connectivity index (χ2n) is 17.9. The quantitative estimate of drug-likeness (QED) is 0.179. The third-order valence-corrected chi connectivity index (χ3v) is 12.5. The molecule has 3 aliphatic rings. The minimum Gasteiger partial charge on any atom is -0.462 e. The summed E-state index contributed by atoms with van der Waals surface area (Å²) in [5.74, 6) is -3.81. The second kappa shape index (κ2) is 26.8. The predicted molar refractivity (Wildman–Crippen MR) is 237 cm³/mol. The second-order valence-corrected chi connectivity index (χ2v) is 17.9.